The number of thiophene rings is 1. The number of aromatic amines is 1. The summed E-state index contributed by atoms with van der Waals surface area (Å²) in [7, 11) is 1.93. The number of nitrogens with zero attached hydrogens (tertiary/aromatic N) is 2. The van der Waals surface area contributed by atoms with Crippen LogP contribution in [0.5, 0.6) is 0 Å². The number of rotatable bonds is 5. The summed E-state index contributed by atoms with van der Waals surface area (Å²) in [6.45, 7) is 1.11. The SMILES string of the molecule is CN(Cc1ccc(F)cc1)Cc1nc2scc(-c3ccc(Cl)cc3)c2c(=O)[nH]1. The van der Waals surface area contributed by atoms with Gasteiger partial charge in [0, 0.05) is 22.5 Å². The molecule has 4 rings (SSSR count). The second-order valence-corrected chi connectivity index (χ2v) is 7.94. The largest absolute Gasteiger partial charge is 0.309 e. The highest BCUT2D eigenvalue weighted by molar-refractivity contribution is 7.17. The minimum atomic E-state index is -0.253. The summed E-state index contributed by atoms with van der Waals surface area (Å²) in [6, 6.07) is 13.8. The maximum atomic E-state index is 13.0. The molecule has 2 aromatic carbocycles. The number of aromatic nitrogens is 2. The van der Waals surface area contributed by atoms with Gasteiger partial charge in [-0.2, -0.15) is 0 Å². The zero-order chi connectivity index (χ0) is 19.7. The molecule has 0 unspecified atom stereocenters. The molecule has 0 saturated carbocycles. The van der Waals surface area contributed by atoms with Gasteiger partial charge in [-0.1, -0.05) is 35.9 Å². The molecule has 1 N–H and O–H groups in total. The lowest BCUT2D eigenvalue weighted by molar-refractivity contribution is 0.310. The Labute approximate surface area is 170 Å². The highest BCUT2D eigenvalue weighted by atomic mass is 35.5. The van der Waals surface area contributed by atoms with Crippen LogP contribution in [0.2, 0.25) is 5.02 Å². The lowest BCUT2D eigenvalue weighted by Gasteiger charge is -2.16. The van der Waals surface area contributed by atoms with E-state index in [1.165, 1.54) is 23.5 Å². The van der Waals surface area contributed by atoms with E-state index < -0.39 is 0 Å². The first-order chi connectivity index (χ1) is 13.5. The number of H-pyrrole nitrogens is 1. The predicted octanol–water partition coefficient (Wildman–Crippen LogP) is 5.08. The Morgan fingerprint density at radius 1 is 1.11 bits per heavy atom. The molecular formula is C21H17ClFN3OS. The highest BCUT2D eigenvalue weighted by Gasteiger charge is 2.14. The van der Waals surface area contributed by atoms with Crippen LogP contribution in [0.15, 0.2) is 58.7 Å². The van der Waals surface area contributed by atoms with Crippen LogP contribution >= 0.6 is 22.9 Å². The van der Waals surface area contributed by atoms with Gasteiger partial charge in [-0.25, -0.2) is 9.37 Å². The van der Waals surface area contributed by atoms with Crippen molar-refractivity contribution in [3.05, 3.63) is 86.5 Å². The molecular weight excluding hydrogens is 397 g/mol. The monoisotopic (exact) mass is 413 g/mol. The van der Waals surface area contributed by atoms with Crippen LogP contribution < -0.4 is 5.56 Å². The zero-order valence-corrected chi connectivity index (χ0v) is 16.6. The van der Waals surface area contributed by atoms with Crippen molar-refractivity contribution in [2.24, 2.45) is 0 Å². The van der Waals surface area contributed by atoms with Gasteiger partial charge in [0.1, 0.15) is 16.5 Å². The molecule has 2 aromatic heterocycles. The quantitative estimate of drug-likeness (QED) is 0.496. The third kappa shape index (κ3) is 3.99. The van der Waals surface area contributed by atoms with E-state index in [0.717, 1.165) is 16.7 Å². The third-order valence-corrected chi connectivity index (χ3v) is 5.56. The Morgan fingerprint density at radius 3 is 2.54 bits per heavy atom. The topological polar surface area (TPSA) is 49.0 Å². The van der Waals surface area contributed by atoms with E-state index in [9.17, 15) is 9.18 Å². The Bertz CT molecular complexity index is 1170. The lowest BCUT2D eigenvalue weighted by atomic mass is 10.1. The maximum Gasteiger partial charge on any atom is 0.260 e. The molecule has 0 aliphatic rings. The van der Waals surface area contributed by atoms with Crippen molar-refractivity contribution in [3.63, 3.8) is 0 Å². The van der Waals surface area contributed by atoms with Gasteiger partial charge in [0.15, 0.2) is 0 Å². The summed E-state index contributed by atoms with van der Waals surface area (Å²) in [6.07, 6.45) is 0. The zero-order valence-electron chi connectivity index (χ0n) is 15.1. The molecule has 4 aromatic rings. The summed E-state index contributed by atoms with van der Waals surface area (Å²) in [4.78, 5) is 23.0. The van der Waals surface area contributed by atoms with Gasteiger partial charge >= 0.3 is 0 Å². The fraction of sp³-hybridized carbons (Fsp3) is 0.143. The van der Waals surface area contributed by atoms with Crippen LogP contribution in [0.1, 0.15) is 11.4 Å². The number of hydrogen-bond donors (Lipinski definition) is 1. The average molecular weight is 414 g/mol. The van der Waals surface area contributed by atoms with Crippen molar-refractivity contribution < 1.29 is 4.39 Å². The summed E-state index contributed by atoms with van der Waals surface area (Å²) < 4.78 is 13.0. The molecule has 4 nitrogen and oxygen atoms in total. The number of halogens is 2. The second kappa shape index (κ2) is 7.83. The van der Waals surface area contributed by atoms with Crippen LogP contribution in [0.25, 0.3) is 21.3 Å². The number of hydrogen-bond acceptors (Lipinski definition) is 4. The van der Waals surface area contributed by atoms with E-state index >= 15 is 0 Å². The average Bonchev–Trinajstić information content (AvgIpc) is 3.09. The fourth-order valence-corrected chi connectivity index (χ4v) is 4.22. The molecule has 28 heavy (non-hydrogen) atoms. The molecule has 0 aliphatic carbocycles. The van der Waals surface area contributed by atoms with Gasteiger partial charge < -0.3 is 4.98 Å². The summed E-state index contributed by atoms with van der Waals surface area (Å²) in [5.74, 6) is 0.351. The van der Waals surface area contributed by atoms with Crippen molar-refractivity contribution >= 4 is 33.2 Å². The lowest BCUT2D eigenvalue weighted by Crippen LogP contribution is -2.21. The van der Waals surface area contributed by atoms with Crippen molar-refractivity contribution in [1.29, 1.82) is 0 Å². The minimum Gasteiger partial charge on any atom is -0.309 e. The standard InChI is InChI=1S/C21H17ClFN3OS/c1-26(10-13-2-8-16(23)9-3-13)11-18-24-20(27)19-17(12-28-21(19)25-18)14-4-6-15(22)7-5-14/h2-9,12H,10-11H2,1H3,(H,24,25,27). The van der Waals surface area contributed by atoms with Gasteiger partial charge in [-0.05, 0) is 42.4 Å². The normalized spacial score (nSPS) is 11.4. The molecule has 7 heteroatoms. The molecule has 0 radical (unpaired) electrons. The van der Waals surface area contributed by atoms with Crippen LogP contribution in [-0.2, 0) is 13.1 Å². The predicted molar refractivity (Wildman–Crippen MR) is 112 cm³/mol. The Kier molecular flexibility index (Phi) is 5.26. The molecule has 0 saturated heterocycles. The second-order valence-electron chi connectivity index (χ2n) is 6.65. The van der Waals surface area contributed by atoms with Crippen molar-refractivity contribution in [3.8, 4) is 11.1 Å². The molecule has 0 atom stereocenters. The molecule has 2 heterocycles. The molecule has 0 fully saturated rings. The first-order valence-electron chi connectivity index (χ1n) is 8.69. The van der Waals surface area contributed by atoms with Gasteiger partial charge in [0.25, 0.3) is 5.56 Å². The Hall–Kier alpha value is -2.54. The smallest absolute Gasteiger partial charge is 0.260 e. The van der Waals surface area contributed by atoms with Crippen molar-refractivity contribution in [1.82, 2.24) is 14.9 Å². The first kappa shape index (κ1) is 18.8. The molecule has 0 bridgehead atoms. The van der Waals surface area contributed by atoms with Crippen LogP contribution in [0.4, 0.5) is 4.39 Å². The summed E-state index contributed by atoms with van der Waals surface area (Å²) in [5.41, 5.74) is 2.63. The molecule has 142 valence electrons. The van der Waals surface area contributed by atoms with E-state index in [1.807, 2.05) is 29.5 Å². The molecule has 0 spiro atoms. The van der Waals surface area contributed by atoms with Crippen molar-refractivity contribution in [2.45, 2.75) is 13.1 Å². The van der Waals surface area contributed by atoms with Gasteiger partial charge in [-0.15, -0.1) is 11.3 Å². The summed E-state index contributed by atoms with van der Waals surface area (Å²) in [5, 5.41) is 3.20. The summed E-state index contributed by atoms with van der Waals surface area (Å²) >= 11 is 7.41. The third-order valence-electron chi connectivity index (χ3n) is 4.43. The van der Waals surface area contributed by atoms with Crippen molar-refractivity contribution in [2.75, 3.05) is 7.05 Å². The van der Waals surface area contributed by atoms with Crippen LogP contribution in [0.3, 0.4) is 0 Å². The van der Waals surface area contributed by atoms with Crippen LogP contribution in [0, 0.1) is 5.82 Å². The van der Waals surface area contributed by atoms with E-state index in [-0.39, 0.29) is 11.4 Å². The van der Waals surface area contributed by atoms with Gasteiger partial charge in [0.2, 0.25) is 0 Å². The van der Waals surface area contributed by atoms with E-state index in [0.29, 0.717) is 34.2 Å². The van der Waals surface area contributed by atoms with E-state index in [4.69, 9.17) is 11.6 Å². The molecule has 0 aliphatic heterocycles. The van der Waals surface area contributed by atoms with Gasteiger partial charge in [-0.3, -0.25) is 9.69 Å². The first-order valence-corrected chi connectivity index (χ1v) is 9.94. The minimum absolute atomic E-state index is 0.151. The maximum absolute atomic E-state index is 13.0. The highest BCUT2D eigenvalue weighted by Crippen LogP contribution is 2.31. The Balaban J connectivity index is 1.58. The number of nitrogens with one attached hydrogen (secondary N) is 1. The number of benzene rings is 2. The van der Waals surface area contributed by atoms with E-state index in [1.54, 1.807) is 24.3 Å². The fourth-order valence-electron chi connectivity index (χ4n) is 3.12. The van der Waals surface area contributed by atoms with E-state index in [2.05, 4.69) is 9.97 Å². The Morgan fingerprint density at radius 2 is 1.82 bits per heavy atom. The number of fused-ring (bicyclic) bond motifs is 1. The molecule has 0 amide bonds. The van der Waals surface area contributed by atoms with Crippen LogP contribution in [-0.4, -0.2) is 21.9 Å². The van der Waals surface area contributed by atoms with Gasteiger partial charge in [0.05, 0.1) is 11.9 Å².